The molecule has 2 aliphatic carbocycles. The summed E-state index contributed by atoms with van der Waals surface area (Å²) in [6.45, 7) is 6.62. The third kappa shape index (κ3) is 3.37. The Morgan fingerprint density at radius 1 is 1.00 bits per heavy atom. The molecular weight excluding hydrogens is 302 g/mol. The van der Waals surface area contributed by atoms with Crippen LogP contribution in [0.25, 0.3) is 0 Å². The lowest BCUT2D eigenvalue weighted by Crippen LogP contribution is -2.47. The molecule has 0 spiro atoms. The van der Waals surface area contributed by atoms with Gasteiger partial charge in [0.2, 0.25) is 0 Å². The first kappa shape index (κ1) is 15.8. The molecule has 24 heavy (non-hydrogen) atoms. The number of hydrogen-bond acceptors (Lipinski definition) is 4. The highest BCUT2D eigenvalue weighted by Gasteiger charge is 2.36. The Labute approximate surface area is 143 Å². The van der Waals surface area contributed by atoms with E-state index in [-0.39, 0.29) is 10.6 Å². The first-order valence-corrected chi connectivity index (χ1v) is 9.04. The zero-order chi connectivity index (χ0) is 16.5. The number of hydrogen-bond donors (Lipinski definition) is 0. The third-order valence-corrected chi connectivity index (χ3v) is 5.93. The van der Waals surface area contributed by atoms with Crippen molar-refractivity contribution in [3.8, 4) is 0 Å². The van der Waals surface area contributed by atoms with Crippen molar-refractivity contribution in [3.05, 3.63) is 52.1 Å². The summed E-state index contributed by atoms with van der Waals surface area (Å²) in [6, 6.07) is 6.97. The van der Waals surface area contributed by atoms with E-state index >= 15 is 0 Å². The normalized spacial score (nSPS) is 30.1. The summed E-state index contributed by atoms with van der Waals surface area (Å²) in [5, 5.41) is 10.7. The van der Waals surface area contributed by atoms with Gasteiger partial charge in [-0.1, -0.05) is 24.3 Å². The van der Waals surface area contributed by atoms with Gasteiger partial charge in [-0.3, -0.25) is 15.0 Å². The highest BCUT2D eigenvalue weighted by atomic mass is 16.6. The van der Waals surface area contributed by atoms with Crippen molar-refractivity contribution in [2.75, 3.05) is 32.7 Å². The van der Waals surface area contributed by atoms with Crippen LogP contribution >= 0.6 is 0 Å². The Hall–Kier alpha value is -1.72. The standard InChI is InChI=1S/C19H25N3O2/c23-22(24)19-5-2-15(3-6-19)13-20-7-9-21(10-8-20)14-18-12-16-1-4-17(18)11-16/h1-6,16-18H,7-14H2/t16-,17+,18-/m1/s1. The molecule has 1 saturated carbocycles. The number of nitro groups is 1. The van der Waals surface area contributed by atoms with Crippen LogP contribution in [-0.4, -0.2) is 47.4 Å². The zero-order valence-electron chi connectivity index (χ0n) is 14.0. The molecule has 2 fully saturated rings. The van der Waals surface area contributed by atoms with Crippen LogP contribution in [0.15, 0.2) is 36.4 Å². The molecule has 1 aliphatic heterocycles. The molecule has 1 saturated heterocycles. The summed E-state index contributed by atoms with van der Waals surface area (Å²) < 4.78 is 0. The van der Waals surface area contributed by atoms with Crippen LogP contribution in [0.5, 0.6) is 0 Å². The SMILES string of the molecule is O=[N+]([O-])c1ccc(CN2CCN(C[C@H]3C[C@@H]4C=C[C@H]3C4)CC2)cc1. The van der Waals surface area contributed by atoms with Gasteiger partial charge in [0.25, 0.3) is 5.69 Å². The van der Waals surface area contributed by atoms with E-state index in [1.54, 1.807) is 12.1 Å². The lowest BCUT2D eigenvalue weighted by Gasteiger charge is -2.37. The molecule has 128 valence electrons. The smallest absolute Gasteiger partial charge is 0.269 e. The van der Waals surface area contributed by atoms with Crippen LogP contribution in [0, 0.1) is 27.9 Å². The van der Waals surface area contributed by atoms with Crippen molar-refractivity contribution in [1.82, 2.24) is 9.80 Å². The molecule has 5 heteroatoms. The Balaban J connectivity index is 1.24. The minimum Gasteiger partial charge on any atom is -0.300 e. The first-order chi connectivity index (χ1) is 11.7. The highest BCUT2D eigenvalue weighted by Crippen LogP contribution is 2.43. The van der Waals surface area contributed by atoms with E-state index in [0.29, 0.717) is 0 Å². The number of allylic oxidation sites excluding steroid dienone is 2. The summed E-state index contributed by atoms with van der Waals surface area (Å²) >= 11 is 0. The summed E-state index contributed by atoms with van der Waals surface area (Å²) in [5.41, 5.74) is 1.33. The van der Waals surface area contributed by atoms with Crippen LogP contribution in [-0.2, 0) is 6.54 Å². The number of benzene rings is 1. The molecule has 1 heterocycles. The maximum atomic E-state index is 10.7. The molecule has 0 N–H and O–H groups in total. The second kappa shape index (κ2) is 6.65. The molecule has 0 unspecified atom stereocenters. The largest absolute Gasteiger partial charge is 0.300 e. The van der Waals surface area contributed by atoms with Crippen molar-refractivity contribution in [1.29, 1.82) is 0 Å². The topological polar surface area (TPSA) is 49.6 Å². The Morgan fingerprint density at radius 3 is 2.29 bits per heavy atom. The van der Waals surface area contributed by atoms with E-state index < -0.39 is 0 Å². The molecule has 1 aromatic rings. The molecule has 3 atom stereocenters. The molecule has 3 aliphatic rings. The van der Waals surface area contributed by atoms with Gasteiger partial charge < -0.3 is 4.90 Å². The monoisotopic (exact) mass is 327 g/mol. The second-order valence-electron chi connectivity index (χ2n) is 7.54. The Kier molecular flexibility index (Phi) is 4.37. The first-order valence-electron chi connectivity index (χ1n) is 9.04. The fourth-order valence-corrected chi connectivity index (χ4v) is 4.55. The molecule has 0 amide bonds. The number of nitro benzene ring substituents is 1. The van der Waals surface area contributed by atoms with Gasteiger partial charge in [-0.25, -0.2) is 0 Å². The number of fused-ring (bicyclic) bond motifs is 2. The summed E-state index contributed by atoms with van der Waals surface area (Å²) in [7, 11) is 0. The van der Waals surface area contributed by atoms with E-state index in [1.165, 1.54) is 19.4 Å². The average molecular weight is 327 g/mol. The molecule has 5 nitrogen and oxygen atoms in total. The predicted octanol–water partition coefficient (Wildman–Crippen LogP) is 2.92. The summed E-state index contributed by atoms with van der Waals surface area (Å²) in [5.74, 6) is 2.58. The van der Waals surface area contributed by atoms with Crippen molar-refractivity contribution in [2.24, 2.45) is 17.8 Å². The minimum atomic E-state index is -0.340. The quantitative estimate of drug-likeness (QED) is 0.474. The molecule has 0 aromatic heterocycles. The predicted molar refractivity (Wildman–Crippen MR) is 93.7 cm³/mol. The van der Waals surface area contributed by atoms with Gasteiger partial charge >= 0.3 is 0 Å². The van der Waals surface area contributed by atoms with E-state index in [0.717, 1.165) is 56.0 Å². The van der Waals surface area contributed by atoms with E-state index in [9.17, 15) is 10.1 Å². The van der Waals surface area contributed by atoms with Crippen molar-refractivity contribution in [3.63, 3.8) is 0 Å². The number of nitrogens with zero attached hydrogens (tertiary/aromatic N) is 3. The maximum absolute atomic E-state index is 10.7. The lowest BCUT2D eigenvalue weighted by atomic mass is 9.93. The van der Waals surface area contributed by atoms with Gasteiger partial charge in [-0.2, -0.15) is 0 Å². The van der Waals surface area contributed by atoms with Gasteiger partial charge in [0.15, 0.2) is 0 Å². The fourth-order valence-electron chi connectivity index (χ4n) is 4.55. The van der Waals surface area contributed by atoms with Crippen LogP contribution in [0.4, 0.5) is 5.69 Å². The maximum Gasteiger partial charge on any atom is 0.269 e. The summed E-state index contributed by atoms with van der Waals surface area (Å²) in [6.07, 6.45) is 7.65. The van der Waals surface area contributed by atoms with Gasteiger partial charge in [-0.05, 0) is 36.2 Å². The van der Waals surface area contributed by atoms with Crippen LogP contribution < -0.4 is 0 Å². The van der Waals surface area contributed by atoms with Crippen LogP contribution in [0.1, 0.15) is 18.4 Å². The molecular formula is C19H25N3O2. The average Bonchev–Trinajstić information content (AvgIpc) is 3.20. The third-order valence-electron chi connectivity index (χ3n) is 5.93. The van der Waals surface area contributed by atoms with Crippen molar-refractivity contribution >= 4 is 5.69 Å². The Morgan fingerprint density at radius 2 is 1.71 bits per heavy atom. The fraction of sp³-hybridized carbons (Fsp3) is 0.579. The minimum absolute atomic E-state index is 0.170. The van der Waals surface area contributed by atoms with Crippen molar-refractivity contribution < 1.29 is 4.92 Å². The molecule has 1 aromatic carbocycles. The van der Waals surface area contributed by atoms with Gasteiger partial charge in [0.05, 0.1) is 4.92 Å². The second-order valence-corrected chi connectivity index (χ2v) is 7.54. The van der Waals surface area contributed by atoms with Gasteiger partial charge in [0, 0.05) is 51.4 Å². The van der Waals surface area contributed by atoms with Gasteiger partial charge in [0.1, 0.15) is 0 Å². The summed E-state index contributed by atoms with van der Waals surface area (Å²) in [4.78, 5) is 15.5. The zero-order valence-corrected chi connectivity index (χ0v) is 14.0. The van der Waals surface area contributed by atoms with E-state index in [2.05, 4.69) is 22.0 Å². The number of piperazine rings is 1. The molecule has 4 rings (SSSR count). The highest BCUT2D eigenvalue weighted by molar-refractivity contribution is 5.32. The number of rotatable bonds is 5. The molecule has 2 bridgehead atoms. The number of non-ortho nitro benzene ring substituents is 1. The Bertz CT molecular complexity index is 620. The lowest BCUT2D eigenvalue weighted by molar-refractivity contribution is -0.384. The van der Waals surface area contributed by atoms with Crippen LogP contribution in [0.2, 0.25) is 0 Å². The van der Waals surface area contributed by atoms with Crippen molar-refractivity contribution in [2.45, 2.75) is 19.4 Å². The van der Waals surface area contributed by atoms with E-state index in [1.807, 2.05) is 12.1 Å². The van der Waals surface area contributed by atoms with E-state index in [4.69, 9.17) is 0 Å². The molecule has 0 radical (unpaired) electrons. The van der Waals surface area contributed by atoms with Crippen LogP contribution in [0.3, 0.4) is 0 Å². The van der Waals surface area contributed by atoms with Gasteiger partial charge in [-0.15, -0.1) is 0 Å².